The summed E-state index contributed by atoms with van der Waals surface area (Å²) in [5.74, 6) is 0.333. The lowest BCUT2D eigenvalue weighted by atomic mass is 10.1. The molecule has 0 aliphatic heterocycles. The van der Waals surface area contributed by atoms with E-state index in [0.29, 0.717) is 5.91 Å². The fourth-order valence-corrected chi connectivity index (χ4v) is 2.65. The molecule has 0 bridgehead atoms. The maximum absolute atomic E-state index is 11.8. The van der Waals surface area contributed by atoms with Gasteiger partial charge in [-0.25, -0.2) is 0 Å². The second-order valence-electron chi connectivity index (χ2n) is 6.45. The topological polar surface area (TPSA) is 20.3 Å². The highest BCUT2D eigenvalue weighted by Gasteiger charge is 2.06. The summed E-state index contributed by atoms with van der Waals surface area (Å²) in [6.45, 7) is 5.36. The van der Waals surface area contributed by atoms with E-state index < -0.39 is 0 Å². The maximum atomic E-state index is 11.8. The van der Waals surface area contributed by atoms with Crippen molar-refractivity contribution in [2.75, 3.05) is 13.6 Å². The fourth-order valence-electron chi connectivity index (χ4n) is 2.65. The lowest BCUT2D eigenvalue weighted by Gasteiger charge is -2.16. The third-order valence-corrected chi connectivity index (χ3v) is 4.27. The van der Waals surface area contributed by atoms with E-state index in [0.717, 1.165) is 32.2 Å². The predicted molar refractivity (Wildman–Crippen MR) is 93.6 cm³/mol. The van der Waals surface area contributed by atoms with Gasteiger partial charge in [0.1, 0.15) is 0 Å². The molecule has 126 valence electrons. The molecule has 1 amide bonds. The van der Waals surface area contributed by atoms with Gasteiger partial charge in [-0.1, -0.05) is 84.5 Å². The van der Waals surface area contributed by atoms with E-state index in [9.17, 15) is 4.79 Å². The Bertz CT molecular complexity index is 228. The molecule has 0 aromatic carbocycles. The predicted octanol–water partition coefficient (Wildman–Crippen LogP) is 5.95. The summed E-state index contributed by atoms with van der Waals surface area (Å²) in [6, 6.07) is 0. The van der Waals surface area contributed by atoms with Gasteiger partial charge >= 0.3 is 0 Å². The molecular formula is C19H39NO. The van der Waals surface area contributed by atoms with E-state index in [1.165, 1.54) is 64.2 Å². The molecule has 0 saturated heterocycles. The zero-order valence-corrected chi connectivity index (χ0v) is 15.0. The zero-order valence-electron chi connectivity index (χ0n) is 15.0. The number of amides is 1. The molecule has 0 N–H and O–H groups in total. The van der Waals surface area contributed by atoms with Gasteiger partial charge in [-0.15, -0.1) is 0 Å². The Labute approximate surface area is 133 Å². The summed E-state index contributed by atoms with van der Waals surface area (Å²) in [5, 5.41) is 0. The van der Waals surface area contributed by atoms with Crippen molar-refractivity contribution in [3.63, 3.8) is 0 Å². The number of rotatable bonds is 15. The number of hydrogen-bond donors (Lipinski definition) is 0. The third kappa shape index (κ3) is 14.2. The Hall–Kier alpha value is -0.530. The quantitative estimate of drug-likeness (QED) is 0.342. The van der Waals surface area contributed by atoms with Crippen LogP contribution >= 0.6 is 0 Å². The maximum Gasteiger partial charge on any atom is 0.222 e. The second-order valence-corrected chi connectivity index (χ2v) is 6.45. The molecule has 0 aliphatic carbocycles. The van der Waals surface area contributed by atoms with E-state index >= 15 is 0 Å². The van der Waals surface area contributed by atoms with Crippen molar-refractivity contribution >= 4 is 5.91 Å². The van der Waals surface area contributed by atoms with Crippen LogP contribution in [0.5, 0.6) is 0 Å². The van der Waals surface area contributed by atoms with Crippen LogP contribution in [0.4, 0.5) is 0 Å². The molecular weight excluding hydrogens is 258 g/mol. The van der Waals surface area contributed by atoms with Crippen LogP contribution in [0.2, 0.25) is 0 Å². The van der Waals surface area contributed by atoms with Gasteiger partial charge in [-0.3, -0.25) is 4.79 Å². The van der Waals surface area contributed by atoms with Gasteiger partial charge in [-0.2, -0.15) is 0 Å². The molecule has 0 aromatic rings. The molecule has 0 fully saturated rings. The summed E-state index contributed by atoms with van der Waals surface area (Å²) in [7, 11) is 1.94. The minimum absolute atomic E-state index is 0.333. The standard InChI is InChI=1S/C19H39NO/c1-4-6-8-9-10-11-12-13-14-15-16-17-19(21)20(3)18-7-5-2/h4-18H2,1-3H3. The van der Waals surface area contributed by atoms with Crippen molar-refractivity contribution in [3.8, 4) is 0 Å². The van der Waals surface area contributed by atoms with Crippen LogP contribution in [0.1, 0.15) is 104 Å². The number of unbranched alkanes of at least 4 members (excludes halogenated alkanes) is 11. The largest absolute Gasteiger partial charge is 0.346 e. The van der Waals surface area contributed by atoms with Crippen molar-refractivity contribution in [1.29, 1.82) is 0 Å². The van der Waals surface area contributed by atoms with Gasteiger partial charge in [0.15, 0.2) is 0 Å². The first-order valence-electron chi connectivity index (χ1n) is 9.46. The molecule has 0 unspecified atom stereocenters. The van der Waals surface area contributed by atoms with Crippen LogP contribution in [-0.4, -0.2) is 24.4 Å². The van der Waals surface area contributed by atoms with Crippen molar-refractivity contribution in [3.05, 3.63) is 0 Å². The molecule has 0 spiro atoms. The first kappa shape index (κ1) is 20.5. The van der Waals surface area contributed by atoms with Crippen LogP contribution in [-0.2, 0) is 4.79 Å². The fraction of sp³-hybridized carbons (Fsp3) is 0.947. The lowest BCUT2D eigenvalue weighted by molar-refractivity contribution is -0.130. The van der Waals surface area contributed by atoms with Crippen LogP contribution in [0.25, 0.3) is 0 Å². The average molecular weight is 298 g/mol. The first-order chi connectivity index (χ1) is 10.2. The third-order valence-electron chi connectivity index (χ3n) is 4.27. The first-order valence-corrected chi connectivity index (χ1v) is 9.46. The molecule has 21 heavy (non-hydrogen) atoms. The van der Waals surface area contributed by atoms with Gasteiger partial charge in [-0.05, 0) is 12.8 Å². The van der Waals surface area contributed by atoms with Gasteiger partial charge in [0.2, 0.25) is 5.91 Å². The van der Waals surface area contributed by atoms with Crippen molar-refractivity contribution in [2.24, 2.45) is 0 Å². The van der Waals surface area contributed by atoms with Crippen molar-refractivity contribution < 1.29 is 4.79 Å². The monoisotopic (exact) mass is 297 g/mol. The van der Waals surface area contributed by atoms with Crippen LogP contribution in [0, 0.1) is 0 Å². The van der Waals surface area contributed by atoms with E-state index in [-0.39, 0.29) is 0 Å². The molecule has 2 nitrogen and oxygen atoms in total. The van der Waals surface area contributed by atoms with Gasteiger partial charge < -0.3 is 4.90 Å². The van der Waals surface area contributed by atoms with E-state index in [2.05, 4.69) is 13.8 Å². The molecule has 0 aromatic heterocycles. The highest BCUT2D eigenvalue weighted by atomic mass is 16.2. The Morgan fingerprint density at radius 3 is 1.57 bits per heavy atom. The van der Waals surface area contributed by atoms with E-state index in [4.69, 9.17) is 0 Å². The summed E-state index contributed by atoms with van der Waals surface area (Å²) in [4.78, 5) is 13.7. The van der Waals surface area contributed by atoms with Crippen LogP contribution in [0.15, 0.2) is 0 Å². The summed E-state index contributed by atoms with van der Waals surface area (Å²) >= 11 is 0. The van der Waals surface area contributed by atoms with Crippen molar-refractivity contribution in [1.82, 2.24) is 4.90 Å². The molecule has 2 heteroatoms. The Morgan fingerprint density at radius 1 is 0.667 bits per heavy atom. The van der Waals surface area contributed by atoms with Gasteiger partial charge in [0, 0.05) is 20.0 Å². The smallest absolute Gasteiger partial charge is 0.222 e. The molecule has 0 atom stereocenters. The number of hydrogen-bond acceptors (Lipinski definition) is 1. The SMILES string of the molecule is CCCCCCCCCCCCCC(=O)N(C)CCCC. The summed E-state index contributed by atoms with van der Waals surface area (Å²) in [6.07, 6.45) is 17.8. The average Bonchev–Trinajstić information content (AvgIpc) is 2.49. The Balaban J connectivity index is 3.23. The van der Waals surface area contributed by atoms with Crippen molar-refractivity contribution in [2.45, 2.75) is 104 Å². The zero-order chi connectivity index (χ0) is 15.8. The molecule has 0 rings (SSSR count). The van der Waals surface area contributed by atoms with Gasteiger partial charge in [0.05, 0.1) is 0 Å². The van der Waals surface area contributed by atoms with E-state index in [1.807, 2.05) is 11.9 Å². The molecule has 0 saturated carbocycles. The molecule has 0 radical (unpaired) electrons. The summed E-state index contributed by atoms with van der Waals surface area (Å²) in [5.41, 5.74) is 0. The van der Waals surface area contributed by atoms with Gasteiger partial charge in [0.25, 0.3) is 0 Å². The minimum atomic E-state index is 0.333. The van der Waals surface area contributed by atoms with Crippen LogP contribution < -0.4 is 0 Å². The number of carbonyl (C=O) groups excluding carboxylic acids is 1. The number of nitrogens with zero attached hydrogens (tertiary/aromatic N) is 1. The normalized spacial score (nSPS) is 10.8. The van der Waals surface area contributed by atoms with E-state index in [1.54, 1.807) is 0 Å². The Kier molecular flexibility index (Phi) is 15.5. The molecule has 0 aliphatic rings. The Morgan fingerprint density at radius 2 is 1.10 bits per heavy atom. The molecule has 0 heterocycles. The lowest BCUT2D eigenvalue weighted by Crippen LogP contribution is -2.27. The highest BCUT2D eigenvalue weighted by molar-refractivity contribution is 5.75. The minimum Gasteiger partial charge on any atom is -0.346 e. The number of carbonyl (C=O) groups is 1. The van der Waals surface area contributed by atoms with Crippen LogP contribution in [0.3, 0.4) is 0 Å². The highest BCUT2D eigenvalue weighted by Crippen LogP contribution is 2.12. The summed E-state index contributed by atoms with van der Waals surface area (Å²) < 4.78 is 0. The second kappa shape index (κ2) is 15.9.